The standard InChI is InChI=1S/C22H22N2O3/c25-22(24-14-12-23(13-15-24)19-7-3-1-4-8-19)21-18(11-16-26-21)17-27-20-9-5-2-6-10-20/h1-11,16H,12-15,17H2. The van der Waals surface area contributed by atoms with Crippen molar-refractivity contribution in [3.05, 3.63) is 84.3 Å². The lowest BCUT2D eigenvalue weighted by atomic mass is 10.2. The number of rotatable bonds is 5. The van der Waals surface area contributed by atoms with E-state index >= 15 is 0 Å². The summed E-state index contributed by atoms with van der Waals surface area (Å²) in [4.78, 5) is 17.0. The number of carbonyl (C=O) groups is 1. The van der Waals surface area contributed by atoms with Crippen LogP contribution < -0.4 is 9.64 Å². The predicted molar refractivity (Wildman–Crippen MR) is 104 cm³/mol. The van der Waals surface area contributed by atoms with Crippen molar-refractivity contribution in [1.29, 1.82) is 0 Å². The van der Waals surface area contributed by atoms with Gasteiger partial charge in [-0.05, 0) is 30.3 Å². The molecule has 0 atom stereocenters. The first kappa shape index (κ1) is 17.2. The molecule has 5 nitrogen and oxygen atoms in total. The predicted octanol–water partition coefficient (Wildman–Crippen LogP) is 3.82. The summed E-state index contributed by atoms with van der Waals surface area (Å²) in [5.41, 5.74) is 1.97. The second-order valence-electron chi connectivity index (χ2n) is 6.49. The average Bonchev–Trinajstić information content (AvgIpc) is 3.22. The van der Waals surface area contributed by atoms with E-state index in [1.54, 1.807) is 12.3 Å². The highest BCUT2D eigenvalue weighted by Crippen LogP contribution is 2.20. The molecule has 3 aromatic rings. The lowest BCUT2D eigenvalue weighted by molar-refractivity contribution is 0.0711. The first-order valence-electron chi connectivity index (χ1n) is 9.15. The first-order valence-corrected chi connectivity index (χ1v) is 9.15. The Morgan fingerprint density at radius 2 is 1.56 bits per heavy atom. The lowest BCUT2D eigenvalue weighted by Crippen LogP contribution is -2.48. The number of furan rings is 1. The first-order chi connectivity index (χ1) is 13.3. The van der Waals surface area contributed by atoms with Crippen molar-refractivity contribution in [2.24, 2.45) is 0 Å². The van der Waals surface area contributed by atoms with Gasteiger partial charge < -0.3 is 19.0 Å². The van der Waals surface area contributed by atoms with Crippen LogP contribution in [0.1, 0.15) is 16.1 Å². The SMILES string of the molecule is O=C(c1occc1COc1ccccc1)N1CCN(c2ccccc2)CC1. The van der Waals surface area contributed by atoms with E-state index < -0.39 is 0 Å². The van der Waals surface area contributed by atoms with E-state index in [0.29, 0.717) is 25.5 Å². The van der Waals surface area contributed by atoms with Crippen molar-refractivity contribution in [3.8, 4) is 5.75 Å². The minimum absolute atomic E-state index is 0.0700. The molecular formula is C22H22N2O3. The Labute approximate surface area is 158 Å². The molecular weight excluding hydrogens is 340 g/mol. The van der Waals surface area contributed by atoms with Gasteiger partial charge in [0, 0.05) is 37.4 Å². The van der Waals surface area contributed by atoms with Gasteiger partial charge in [-0.25, -0.2) is 0 Å². The fourth-order valence-corrected chi connectivity index (χ4v) is 3.26. The lowest BCUT2D eigenvalue weighted by Gasteiger charge is -2.35. The average molecular weight is 362 g/mol. The van der Waals surface area contributed by atoms with Gasteiger partial charge in [0.15, 0.2) is 5.76 Å². The van der Waals surface area contributed by atoms with E-state index in [9.17, 15) is 4.79 Å². The van der Waals surface area contributed by atoms with E-state index in [0.717, 1.165) is 24.4 Å². The smallest absolute Gasteiger partial charge is 0.290 e. The van der Waals surface area contributed by atoms with E-state index in [1.807, 2.05) is 53.4 Å². The Kier molecular flexibility index (Phi) is 5.10. The highest BCUT2D eigenvalue weighted by atomic mass is 16.5. The second-order valence-corrected chi connectivity index (χ2v) is 6.49. The van der Waals surface area contributed by atoms with Crippen LogP contribution in [0.4, 0.5) is 5.69 Å². The van der Waals surface area contributed by atoms with Crippen molar-refractivity contribution in [2.45, 2.75) is 6.61 Å². The number of anilines is 1. The minimum atomic E-state index is -0.0700. The van der Waals surface area contributed by atoms with Gasteiger partial charge in [0.25, 0.3) is 5.91 Å². The molecule has 1 fully saturated rings. The number of ether oxygens (including phenoxy) is 1. The van der Waals surface area contributed by atoms with Crippen LogP contribution in [0.2, 0.25) is 0 Å². The molecule has 2 aromatic carbocycles. The van der Waals surface area contributed by atoms with Crippen LogP contribution >= 0.6 is 0 Å². The van der Waals surface area contributed by atoms with Gasteiger partial charge in [-0.3, -0.25) is 4.79 Å². The van der Waals surface area contributed by atoms with Crippen molar-refractivity contribution < 1.29 is 13.9 Å². The largest absolute Gasteiger partial charge is 0.489 e. The van der Waals surface area contributed by atoms with Crippen molar-refractivity contribution in [1.82, 2.24) is 4.90 Å². The third kappa shape index (κ3) is 3.97. The summed E-state index contributed by atoms with van der Waals surface area (Å²) in [7, 11) is 0. The number of benzene rings is 2. The number of hydrogen-bond donors (Lipinski definition) is 0. The fourth-order valence-electron chi connectivity index (χ4n) is 3.26. The van der Waals surface area contributed by atoms with Gasteiger partial charge in [0.1, 0.15) is 12.4 Å². The summed E-state index contributed by atoms with van der Waals surface area (Å²) < 4.78 is 11.3. The van der Waals surface area contributed by atoms with Crippen LogP contribution in [0.3, 0.4) is 0 Å². The summed E-state index contributed by atoms with van der Waals surface area (Å²) in [6.07, 6.45) is 1.55. The van der Waals surface area contributed by atoms with Crippen LogP contribution in [0, 0.1) is 0 Å². The molecule has 1 amide bonds. The van der Waals surface area contributed by atoms with Gasteiger partial charge in [-0.2, -0.15) is 0 Å². The van der Waals surface area contributed by atoms with E-state index in [4.69, 9.17) is 9.15 Å². The molecule has 1 aromatic heterocycles. The van der Waals surface area contributed by atoms with Crippen LogP contribution in [0.25, 0.3) is 0 Å². The number of piperazine rings is 1. The van der Waals surface area contributed by atoms with E-state index in [1.165, 1.54) is 5.69 Å². The number of para-hydroxylation sites is 2. The Balaban J connectivity index is 1.37. The molecule has 1 aliphatic rings. The highest BCUT2D eigenvalue weighted by Gasteiger charge is 2.26. The van der Waals surface area contributed by atoms with Gasteiger partial charge in [-0.15, -0.1) is 0 Å². The Hall–Kier alpha value is -3.21. The number of nitrogens with zero attached hydrogens (tertiary/aromatic N) is 2. The number of hydrogen-bond acceptors (Lipinski definition) is 4. The maximum atomic E-state index is 12.9. The van der Waals surface area contributed by atoms with Gasteiger partial charge in [0.2, 0.25) is 0 Å². The third-order valence-corrected chi connectivity index (χ3v) is 4.77. The third-order valence-electron chi connectivity index (χ3n) is 4.77. The molecule has 0 radical (unpaired) electrons. The molecule has 27 heavy (non-hydrogen) atoms. The summed E-state index contributed by atoms with van der Waals surface area (Å²) in [6.45, 7) is 3.28. The summed E-state index contributed by atoms with van der Waals surface area (Å²) >= 11 is 0. The van der Waals surface area contributed by atoms with Gasteiger partial charge in [0.05, 0.1) is 6.26 Å². The summed E-state index contributed by atoms with van der Waals surface area (Å²) in [6, 6.07) is 21.7. The minimum Gasteiger partial charge on any atom is -0.489 e. The maximum Gasteiger partial charge on any atom is 0.290 e. The summed E-state index contributed by atoms with van der Waals surface area (Å²) in [5, 5.41) is 0. The zero-order chi connectivity index (χ0) is 18.5. The fraction of sp³-hybridized carbons (Fsp3) is 0.227. The van der Waals surface area contributed by atoms with Crippen LogP contribution in [0.5, 0.6) is 5.75 Å². The maximum absolute atomic E-state index is 12.9. The molecule has 138 valence electrons. The molecule has 4 rings (SSSR count). The molecule has 2 heterocycles. The topological polar surface area (TPSA) is 45.9 Å². The van der Waals surface area contributed by atoms with Gasteiger partial charge >= 0.3 is 0 Å². The highest BCUT2D eigenvalue weighted by molar-refractivity contribution is 5.93. The molecule has 0 aliphatic carbocycles. The van der Waals surface area contributed by atoms with E-state index in [2.05, 4.69) is 17.0 Å². The molecule has 1 saturated heterocycles. The Morgan fingerprint density at radius 3 is 2.26 bits per heavy atom. The van der Waals surface area contributed by atoms with Crippen LogP contribution in [0.15, 0.2) is 77.4 Å². The summed E-state index contributed by atoms with van der Waals surface area (Å²) in [5.74, 6) is 1.08. The van der Waals surface area contributed by atoms with Crippen molar-refractivity contribution >= 4 is 11.6 Å². The molecule has 5 heteroatoms. The molecule has 0 bridgehead atoms. The Morgan fingerprint density at radius 1 is 0.889 bits per heavy atom. The van der Waals surface area contributed by atoms with Crippen molar-refractivity contribution in [2.75, 3.05) is 31.1 Å². The zero-order valence-electron chi connectivity index (χ0n) is 15.1. The van der Waals surface area contributed by atoms with Gasteiger partial charge in [-0.1, -0.05) is 36.4 Å². The molecule has 1 aliphatic heterocycles. The molecule has 0 N–H and O–H groups in total. The van der Waals surface area contributed by atoms with Crippen LogP contribution in [-0.4, -0.2) is 37.0 Å². The quantitative estimate of drug-likeness (QED) is 0.692. The number of carbonyl (C=O) groups excluding carboxylic acids is 1. The van der Waals surface area contributed by atoms with Crippen LogP contribution in [-0.2, 0) is 6.61 Å². The Bertz CT molecular complexity index is 869. The van der Waals surface area contributed by atoms with E-state index in [-0.39, 0.29) is 5.91 Å². The normalized spacial score (nSPS) is 14.2. The number of amides is 1. The second kappa shape index (κ2) is 7.99. The molecule has 0 saturated carbocycles. The zero-order valence-corrected chi connectivity index (χ0v) is 15.1. The molecule has 0 unspecified atom stereocenters. The monoisotopic (exact) mass is 362 g/mol. The molecule has 0 spiro atoms. The van der Waals surface area contributed by atoms with Crippen molar-refractivity contribution in [3.63, 3.8) is 0 Å².